The van der Waals surface area contributed by atoms with Crippen LogP contribution in [0.2, 0.25) is 0 Å². The Balaban J connectivity index is 2.27. The smallest absolute Gasteiger partial charge is 0.323 e. The van der Waals surface area contributed by atoms with Crippen LogP contribution in [-0.4, -0.2) is 55.0 Å². The van der Waals surface area contributed by atoms with Crippen molar-refractivity contribution in [2.45, 2.75) is 18.9 Å². The maximum atomic E-state index is 11.2. The normalized spacial score (nSPS) is 16.9. The number of carbonyl (C=O) groups excluding carboxylic acids is 1. The van der Waals surface area contributed by atoms with E-state index in [1.54, 1.807) is 12.1 Å². The lowest BCUT2D eigenvalue weighted by Crippen LogP contribution is -2.46. The highest BCUT2D eigenvalue weighted by Crippen LogP contribution is 2.25. The Labute approximate surface area is 118 Å². The van der Waals surface area contributed by atoms with Gasteiger partial charge in [0.1, 0.15) is 6.54 Å². The maximum Gasteiger partial charge on any atom is 0.323 e. The summed E-state index contributed by atoms with van der Waals surface area (Å²) in [7, 11) is 2.07. The van der Waals surface area contributed by atoms with Gasteiger partial charge in [0.15, 0.2) is 6.29 Å². The van der Waals surface area contributed by atoms with E-state index in [2.05, 4.69) is 11.9 Å². The number of piperidine rings is 1. The molecule has 5 nitrogen and oxygen atoms in total. The first-order valence-electron chi connectivity index (χ1n) is 6.83. The maximum absolute atomic E-state index is 11.2. The van der Waals surface area contributed by atoms with Gasteiger partial charge >= 0.3 is 5.97 Å². The van der Waals surface area contributed by atoms with Gasteiger partial charge in [-0.25, -0.2) is 0 Å². The summed E-state index contributed by atoms with van der Waals surface area (Å²) in [5.74, 6) is -0.871. The number of nitrogens with zero attached hydrogens (tertiary/aromatic N) is 2. The molecule has 1 heterocycles. The number of anilines is 1. The van der Waals surface area contributed by atoms with E-state index < -0.39 is 5.97 Å². The molecule has 5 heteroatoms. The molecule has 0 radical (unpaired) electrons. The van der Waals surface area contributed by atoms with Crippen LogP contribution in [0.3, 0.4) is 0 Å². The fourth-order valence-electron chi connectivity index (χ4n) is 2.71. The number of carboxylic acids is 1. The number of carboxylic acid groups (broad SMARTS) is 1. The Morgan fingerprint density at radius 1 is 1.40 bits per heavy atom. The number of aliphatic carboxylic acids is 1. The van der Waals surface area contributed by atoms with E-state index in [1.165, 1.54) is 0 Å². The molecule has 20 heavy (non-hydrogen) atoms. The molecule has 108 valence electrons. The number of benzene rings is 1. The zero-order chi connectivity index (χ0) is 14.5. The minimum Gasteiger partial charge on any atom is -0.480 e. The van der Waals surface area contributed by atoms with Crippen molar-refractivity contribution in [3.63, 3.8) is 0 Å². The highest BCUT2D eigenvalue weighted by Gasteiger charge is 2.26. The summed E-state index contributed by atoms with van der Waals surface area (Å²) in [6.45, 7) is 1.83. The Hall–Kier alpha value is -1.88. The van der Waals surface area contributed by atoms with Crippen LogP contribution in [0, 0.1) is 0 Å². The van der Waals surface area contributed by atoms with E-state index in [-0.39, 0.29) is 12.6 Å². The number of aldehydes is 1. The van der Waals surface area contributed by atoms with Crippen molar-refractivity contribution in [3.8, 4) is 0 Å². The third-order valence-electron chi connectivity index (χ3n) is 3.81. The van der Waals surface area contributed by atoms with Crippen molar-refractivity contribution >= 4 is 17.9 Å². The molecular weight excluding hydrogens is 256 g/mol. The first-order chi connectivity index (χ1) is 9.61. The lowest BCUT2D eigenvalue weighted by atomic mass is 10.0. The zero-order valence-corrected chi connectivity index (χ0v) is 11.7. The molecule has 1 aromatic carbocycles. The summed E-state index contributed by atoms with van der Waals surface area (Å²) in [4.78, 5) is 26.4. The third-order valence-corrected chi connectivity index (χ3v) is 3.81. The van der Waals surface area contributed by atoms with Crippen LogP contribution in [-0.2, 0) is 4.79 Å². The molecule has 1 saturated heterocycles. The number of likely N-dealkylation sites (tertiary alicyclic amines) is 1. The van der Waals surface area contributed by atoms with Crippen molar-refractivity contribution in [1.29, 1.82) is 0 Å². The van der Waals surface area contributed by atoms with E-state index in [4.69, 9.17) is 5.11 Å². The molecule has 1 aromatic rings. The minimum absolute atomic E-state index is 0.0702. The second-order valence-corrected chi connectivity index (χ2v) is 5.23. The van der Waals surface area contributed by atoms with Crippen molar-refractivity contribution in [1.82, 2.24) is 4.90 Å². The van der Waals surface area contributed by atoms with Crippen molar-refractivity contribution in [2.75, 3.05) is 31.6 Å². The molecule has 0 saturated carbocycles. The van der Waals surface area contributed by atoms with E-state index in [1.807, 2.05) is 17.0 Å². The fraction of sp³-hybridized carbons (Fsp3) is 0.467. The van der Waals surface area contributed by atoms with Crippen LogP contribution in [0.15, 0.2) is 24.3 Å². The molecule has 1 fully saturated rings. The number of para-hydroxylation sites is 1. The molecule has 0 atom stereocenters. The average molecular weight is 276 g/mol. The van der Waals surface area contributed by atoms with Gasteiger partial charge < -0.3 is 14.9 Å². The topological polar surface area (TPSA) is 60.9 Å². The van der Waals surface area contributed by atoms with Crippen molar-refractivity contribution in [2.24, 2.45) is 0 Å². The predicted molar refractivity (Wildman–Crippen MR) is 77.3 cm³/mol. The van der Waals surface area contributed by atoms with E-state index in [0.717, 1.165) is 37.9 Å². The molecule has 0 unspecified atom stereocenters. The quantitative estimate of drug-likeness (QED) is 0.826. The van der Waals surface area contributed by atoms with Gasteiger partial charge in [0.2, 0.25) is 0 Å². The Kier molecular flexibility index (Phi) is 4.74. The number of rotatable bonds is 5. The highest BCUT2D eigenvalue weighted by atomic mass is 16.4. The first kappa shape index (κ1) is 14.5. The molecule has 1 N–H and O–H groups in total. The van der Waals surface area contributed by atoms with Crippen molar-refractivity contribution in [3.05, 3.63) is 29.8 Å². The summed E-state index contributed by atoms with van der Waals surface area (Å²) in [5, 5.41) is 9.15. The van der Waals surface area contributed by atoms with Gasteiger partial charge in [-0.1, -0.05) is 12.1 Å². The van der Waals surface area contributed by atoms with Crippen LogP contribution in [0.25, 0.3) is 0 Å². The van der Waals surface area contributed by atoms with Gasteiger partial charge in [-0.2, -0.15) is 0 Å². The molecular formula is C15H20N2O3. The fourth-order valence-corrected chi connectivity index (χ4v) is 2.71. The average Bonchev–Trinajstić information content (AvgIpc) is 2.45. The second-order valence-electron chi connectivity index (χ2n) is 5.23. The predicted octanol–water partition coefficient (Wildman–Crippen LogP) is 1.48. The van der Waals surface area contributed by atoms with Crippen molar-refractivity contribution < 1.29 is 14.7 Å². The van der Waals surface area contributed by atoms with E-state index >= 15 is 0 Å². The molecule has 0 bridgehead atoms. The Bertz CT molecular complexity index is 482. The standard InChI is InChI=1S/C15H20N2O3/c1-16-8-6-13(7-9-16)17(10-15(19)20)14-5-3-2-4-12(14)11-18/h2-5,11,13H,6-10H2,1H3,(H,19,20). The van der Waals surface area contributed by atoms with Crippen LogP contribution in [0.4, 0.5) is 5.69 Å². The number of hydrogen-bond donors (Lipinski definition) is 1. The van der Waals surface area contributed by atoms with Crippen LogP contribution in [0.1, 0.15) is 23.2 Å². The molecule has 2 rings (SSSR count). The van der Waals surface area contributed by atoms with E-state index in [9.17, 15) is 9.59 Å². The zero-order valence-electron chi connectivity index (χ0n) is 11.7. The van der Waals surface area contributed by atoms with Gasteiger partial charge in [0, 0.05) is 17.3 Å². The van der Waals surface area contributed by atoms with Gasteiger partial charge in [-0.3, -0.25) is 9.59 Å². The van der Waals surface area contributed by atoms with Gasteiger partial charge in [0.25, 0.3) is 0 Å². The largest absolute Gasteiger partial charge is 0.480 e. The van der Waals surface area contributed by atoms with Crippen LogP contribution in [0.5, 0.6) is 0 Å². The lowest BCUT2D eigenvalue weighted by Gasteiger charge is -2.38. The molecule has 0 aromatic heterocycles. The SMILES string of the molecule is CN1CCC(N(CC(=O)O)c2ccccc2C=O)CC1. The molecule has 0 spiro atoms. The van der Waals surface area contributed by atoms with E-state index in [0.29, 0.717) is 5.56 Å². The van der Waals surface area contributed by atoms with Crippen LogP contribution < -0.4 is 4.90 Å². The monoisotopic (exact) mass is 276 g/mol. The first-order valence-corrected chi connectivity index (χ1v) is 6.83. The van der Waals surface area contributed by atoms with Crippen LogP contribution >= 0.6 is 0 Å². The van der Waals surface area contributed by atoms with Gasteiger partial charge in [-0.15, -0.1) is 0 Å². The Morgan fingerprint density at radius 3 is 2.65 bits per heavy atom. The number of hydrogen-bond acceptors (Lipinski definition) is 4. The molecule has 1 aliphatic rings. The molecule has 1 aliphatic heterocycles. The molecule has 0 amide bonds. The number of carbonyl (C=O) groups is 2. The molecule has 0 aliphatic carbocycles. The summed E-state index contributed by atoms with van der Waals surface area (Å²) in [6, 6.07) is 7.35. The summed E-state index contributed by atoms with van der Waals surface area (Å²) >= 11 is 0. The van der Waals surface area contributed by atoms with Gasteiger partial charge in [-0.05, 0) is 45.1 Å². The summed E-state index contributed by atoms with van der Waals surface area (Å²) < 4.78 is 0. The Morgan fingerprint density at radius 2 is 2.05 bits per heavy atom. The lowest BCUT2D eigenvalue weighted by molar-refractivity contribution is -0.135. The minimum atomic E-state index is -0.871. The third kappa shape index (κ3) is 3.36. The summed E-state index contributed by atoms with van der Waals surface area (Å²) in [6.07, 6.45) is 2.62. The second kappa shape index (κ2) is 6.52. The highest BCUT2D eigenvalue weighted by molar-refractivity contribution is 5.86. The summed E-state index contributed by atoms with van der Waals surface area (Å²) in [5.41, 5.74) is 1.27. The van der Waals surface area contributed by atoms with Gasteiger partial charge in [0.05, 0.1) is 0 Å².